The smallest absolute Gasteiger partial charge is 0.146 e. The van der Waals surface area contributed by atoms with Crippen LogP contribution in [0, 0.1) is 34.5 Å². The zero-order valence-electron chi connectivity index (χ0n) is 18.0. The van der Waals surface area contributed by atoms with Crippen molar-refractivity contribution in [3.63, 3.8) is 0 Å². The third kappa shape index (κ3) is 6.53. The van der Waals surface area contributed by atoms with E-state index in [-0.39, 0.29) is 11.1 Å². The minimum absolute atomic E-state index is 0.232. The Morgan fingerprint density at radius 3 is 2.21 bits per heavy atom. The van der Waals surface area contributed by atoms with E-state index < -0.39 is 0 Å². The van der Waals surface area contributed by atoms with Gasteiger partial charge in [-0.25, -0.2) is 0 Å². The number of allylic oxidation sites excluding steroid dienone is 1. The molecule has 1 fully saturated rings. The van der Waals surface area contributed by atoms with Crippen LogP contribution in [-0.4, -0.2) is 6.61 Å². The molecule has 0 unspecified atom stereocenters. The number of hydrogen-bond acceptors (Lipinski definition) is 4. The van der Waals surface area contributed by atoms with E-state index in [9.17, 15) is 10.5 Å². The molecule has 4 nitrogen and oxygen atoms in total. The molecule has 0 saturated heterocycles. The topological polar surface area (TPSA) is 66.0 Å². The Labute approximate surface area is 176 Å². The van der Waals surface area contributed by atoms with E-state index in [0.717, 1.165) is 31.6 Å². The molecule has 0 radical (unpaired) electrons. The Bertz CT molecular complexity index is 749. The van der Waals surface area contributed by atoms with Crippen LogP contribution < -0.4 is 9.47 Å². The van der Waals surface area contributed by atoms with Crippen LogP contribution >= 0.6 is 0 Å². The lowest BCUT2D eigenvalue weighted by atomic mass is 9.79. The minimum atomic E-state index is 0.232. The van der Waals surface area contributed by atoms with Gasteiger partial charge in [-0.05, 0) is 50.2 Å². The second-order valence-electron chi connectivity index (χ2n) is 8.02. The van der Waals surface area contributed by atoms with Crippen molar-refractivity contribution in [3.8, 4) is 23.6 Å². The average molecular weight is 395 g/mol. The van der Waals surface area contributed by atoms with Gasteiger partial charge in [0.15, 0.2) is 0 Å². The Morgan fingerprint density at radius 1 is 0.966 bits per heavy atom. The van der Waals surface area contributed by atoms with Crippen molar-refractivity contribution in [1.82, 2.24) is 0 Å². The summed E-state index contributed by atoms with van der Waals surface area (Å²) in [5.74, 6) is 2.70. The Kier molecular flexibility index (Phi) is 9.58. The van der Waals surface area contributed by atoms with Crippen LogP contribution in [0.4, 0.5) is 0 Å². The standard InChI is InChI=1S/C25H34N2O2/c1-4-6-8-9-20-10-12-21(13-11-20)19(3)29-25-15-14-24(28-16-7-5-2)22(17-26)23(25)18-27/h14-15,20-21H,3-13,16H2,1-2H3. The van der Waals surface area contributed by atoms with E-state index in [1.165, 1.54) is 38.5 Å². The first-order chi connectivity index (χ1) is 14.1. The van der Waals surface area contributed by atoms with Crippen LogP contribution in [0.25, 0.3) is 0 Å². The maximum atomic E-state index is 9.62. The van der Waals surface area contributed by atoms with E-state index in [0.29, 0.717) is 29.8 Å². The SMILES string of the molecule is C=C(Oc1ccc(OCCCC)c(C#N)c1C#N)C1CCC(CCCCC)CC1. The van der Waals surface area contributed by atoms with Crippen molar-refractivity contribution in [2.24, 2.45) is 11.8 Å². The lowest BCUT2D eigenvalue weighted by molar-refractivity contribution is 0.235. The van der Waals surface area contributed by atoms with Gasteiger partial charge < -0.3 is 9.47 Å². The Balaban J connectivity index is 2.00. The second-order valence-corrected chi connectivity index (χ2v) is 8.02. The molecule has 29 heavy (non-hydrogen) atoms. The predicted molar refractivity (Wildman–Crippen MR) is 116 cm³/mol. The van der Waals surface area contributed by atoms with E-state index in [1.54, 1.807) is 12.1 Å². The zero-order valence-corrected chi connectivity index (χ0v) is 18.0. The van der Waals surface area contributed by atoms with E-state index in [4.69, 9.17) is 9.47 Å². The lowest BCUT2D eigenvalue weighted by Crippen LogP contribution is -2.18. The Hall–Kier alpha value is -2.46. The third-order valence-electron chi connectivity index (χ3n) is 5.87. The molecule has 1 aliphatic rings. The summed E-state index contributed by atoms with van der Waals surface area (Å²) in [4.78, 5) is 0. The van der Waals surface area contributed by atoms with E-state index >= 15 is 0 Å². The summed E-state index contributed by atoms with van der Waals surface area (Å²) < 4.78 is 11.7. The molecule has 0 spiro atoms. The summed E-state index contributed by atoms with van der Waals surface area (Å²) in [5, 5.41) is 19.2. The van der Waals surface area contributed by atoms with Crippen molar-refractivity contribution >= 4 is 0 Å². The predicted octanol–water partition coefficient (Wildman–Crippen LogP) is 6.89. The van der Waals surface area contributed by atoms with Crippen LogP contribution in [0.2, 0.25) is 0 Å². The number of nitrogens with zero attached hydrogens (tertiary/aromatic N) is 2. The van der Waals surface area contributed by atoms with Crippen molar-refractivity contribution in [2.75, 3.05) is 6.61 Å². The maximum Gasteiger partial charge on any atom is 0.146 e. The first-order valence-corrected chi connectivity index (χ1v) is 11.1. The fraction of sp³-hybridized carbons (Fsp3) is 0.600. The van der Waals surface area contributed by atoms with Crippen molar-refractivity contribution in [2.45, 2.75) is 78.1 Å². The molecule has 1 aliphatic carbocycles. The minimum Gasteiger partial charge on any atom is -0.492 e. The number of ether oxygens (including phenoxy) is 2. The van der Waals surface area contributed by atoms with Crippen LogP contribution in [0.5, 0.6) is 11.5 Å². The molecule has 4 heteroatoms. The van der Waals surface area contributed by atoms with E-state index in [2.05, 4.69) is 32.6 Å². The van der Waals surface area contributed by atoms with E-state index in [1.807, 2.05) is 0 Å². The maximum absolute atomic E-state index is 9.62. The number of unbranched alkanes of at least 4 members (excludes halogenated alkanes) is 3. The molecule has 0 bridgehead atoms. The fourth-order valence-electron chi connectivity index (χ4n) is 4.00. The number of benzene rings is 1. The average Bonchev–Trinajstić information content (AvgIpc) is 2.74. The first-order valence-electron chi connectivity index (χ1n) is 11.1. The fourth-order valence-corrected chi connectivity index (χ4v) is 4.00. The monoisotopic (exact) mass is 394 g/mol. The summed E-state index contributed by atoms with van der Waals surface area (Å²) in [7, 11) is 0. The van der Waals surface area contributed by atoms with Crippen LogP contribution in [0.3, 0.4) is 0 Å². The number of nitriles is 2. The molecule has 1 saturated carbocycles. The zero-order chi connectivity index (χ0) is 21.1. The van der Waals surface area contributed by atoms with Gasteiger partial charge in [0.1, 0.15) is 40.5 Å². The van der Waals surface area contributed by atoms with Gasteiger partial charge in [0.05, 0.1) is 6.61 Å². The number of rotatable bonds is 11. The summed E-state index contributed by atoms with van der Waals surface area (Å²) in [6.07, 6.45) is 11.8. The van der Waals surface area contributed by atoms with Crippen LogP contribution in [-0.2, 0) is 0 Å². The largest absolute Gasteiger partial charge is 0.492 e. The summed E-state index contributed by atoms with van der Waals surface area (Å²) in [6, 6.07) is 7.68. The summed E-state index contributed by atoms with van der Waals surface area (Å²) in [6.45, 7) is 9.00. The molecule has 0 atom stereocenters. The quantitative estimate of drug-likeness (QED) is 0.303. The molecule has 0 aromatic heterocycles. The molecule has 0 N–H and O–H groups in total. The van der Waals surface area contributed by atoms with Gasteiger partial charge in [-0.3, -0.25) is 0 Å². The first kappa shape index (κ1) is 22.8. The van der Waals surface area contributed by atoms with Crippen molar-refractivity contribution in [1.29, 1.82) is 10.5 Å². The van der Waals surface area contributed by atoms with Crippen molar-refractivity contribution < 1.29 is 9.47 Å². The molecular weight excluding hydrogens is 360 g/mol. The highest BCUT2D eigenvalue weighted by Crippen LogP contribution is 2.37. The third-order valence-corrected chi connectivity index (χ3v) is 5.87. The van der Waals surface area contributed by atoms with Crippen molar-refractivity contribution in [3.05, 3.63) is 35.6 Å². The summed E-state index contributed by atoms with van der Waals surface area (Å²) >= 11 is 0. The van der Waals surface area contributed by atoms with Gasteiger partial charge in [-0.1, -0.05) is 52.5 Å². The van der Waals surface area contributed by atoms with Gasteiger partial charge in [-0.15, -0.1) is 0 Å². The molecule has 2 rings (SSSR count). The molecule has 1 aromatic carbocycles. The molecule has 1 aromatic rings. The van der Waals surface area contributed by atoms with Gasteiger partial charge in [0, 0.05) is 5.92 Å². The molecule has 0 heterocycles. The highest BCUT2D eigenvalue weighted by molar-refractivity contribution is 5.60. The molecule has 0 amide bonds. The van der Waals surface area contributed by atoms with Gasteiger partial charge in [-0.2, -0.15) is 10.5 Å². The molecular formula is C25H34N2O2. The molecule has 156 valence electrons. The lowest BCUT2D eigenvalue weighted by Gasteiger charge is -2.29. The van der Waals surface area contributed by atoms with Gasteiger partial charge >= 0.3 is 0 Å². The molecule has 0 aliphatic heterocycles. The van der Waals surface area contributed by atoms with Gasteiger partial charge in [0.25, 0.3) is 0 Å². The number of hydrogen-bond donors (Lipinski definition) is 0. The van der Waals surface area contributed by atoms with Crippen LogP contribution in [0.1, 0.15) is 89.2 Å². The Morgan fingerprint density at radius 2 is 1.59 bits per heavy atom. The second kappa shape index (κ2) is 12.2. The summed E-state index contributed by atoms with van der Waals surface area (Å²) in [5.41, 5.74) is 0.476. The highest BCUT2D eigenvalue weighted by Gasteiger charge is 2.25. The van der Waals surface area contributed by atoms with Crippen LogP contribution in [0.15, 0.2) is 24.5 Å². The highest BCUT2D eigenvalue weighted by atomic mass is 16.5. The van der Waals surface area contributed by atoms with Gasteiger partial charge in [0.2, 0.25) is 0 Å². The normalized spacial score (nSPS) is 18.5.